The normalized spacial score (nSPS) is 20.6. The van der Waals surface area contributed by atoms with Crippen LogP contribution in [0.15, 0.2) is 18.2 Å². The van der Waals surface area contributed by atoms with Gasteiger partial charge in [0.05, 0.1) is 22.9 Å². The first-order valence-corrected chi connectivity index (χ1v) is 14.8. The van der Waals surface area contributed by atoms with Crippen molar-refractivity contribution in [2.24, 2.45) is 5.41 Å². The summed E-state index contributed by atoms with van der Waals surface area (Å²) in [5.74, 6) is 0.185. The summed E-state index contributed by atoms with van der Waals surface area (Å²) in [6, 6.07) is 3.76. The van der Waals surface area contributed by atoms with E-state index in [9.17, 15) is 26.4 Å². The molecule has 3 aliphatic rings. The predicted octanol–water partition coefficient (Wildman–Crippen LogP) is 3.06. The monoisotopic (exact) mass is 552 g/mol. The molecule has 1 N–H and O–H groups in total. The maximum Gasteiger partial charge on any atom is 0.416 e. The maximum absolute atomic E-state index is 13.3. The second kappa shape index (κ2) is 9.95. The van der Waals surface area contributed by atoms with Gasteiger partial charge in [0.25, 0.3) is 0 Å². The summed E-state index contributed by atoms with van der Waals surface area (Å²) in [6.45, 7) is 8.02. The van der Waals surface area contributed by atoms with Crippen LogP contribution in [0.1, 0.15) is 48.1 Å². The van der Waals surface area contributed by atoms with Crippen molar-refractivity contribution in [3.8, 4) is 11.3 Å². The molecule has 5 rings (SSSR count). The summed E-state index contributed by atoms with van der Waals surface area (Å²) in [5.41, 5.74) is 1.49. The van der Waals surface area contributed by atoms with Crippen molar-refractivity contribution in [3.63, 3.8) is 0 Å². The number of alkyl halides is 3. The molecule has 2 fully saturated rings. The molecule has 38 heavy (non-hydrogen) atoms. The van der Waals surface area contributed by atoms with Crippen LogP contribution in [-0.2, 0) is 40.5 Å². The van der Waals surface area contributed by atoms with Gasteiger partial charge in [-0.25, -0.2) is 8.42 Å². The Kier molecular flexibility index (Phi) is 7.10. The van der Waals surface area contributed by atoms with E-state index < -0.39 is 21.8 Å². The number of aryl methyl sites for hydroxylation is 1. The van der Waals surface area contributed by atoms with E-state index in [1.807, 2.05) is 4.68 Å². The SMILES string of the molecule is [CH2]c1cc(-c2nn(CCCN3CCC4(CCNC4=O)CC3)c3c2CN(S(C)(=O)=O)CC3)ccc1C(F)(F)F. The first-order valence-electron chi connectivity index (χ1n) is 13.0. The lowest BCUT2D eigenvalue weighted by atomic mass is 9.77. The van der Waals surface area contributed by atoms with Crippen LogP contribution >= 0.6 is 0 Å². The van der Waals surface area contributed by atoms with Crippen LogP contribution in [-0.4, -0.2) is 72.3 Å². The Morgan fingerprint density at radius 3 is 2.47 bits per heavy atom. The van der Waals surface area contributed by atoms with E-state index in [1.165, 1.54) is 16.4 Å². The predicted molar refractivity (Wildman–Crippen MR) is 136 cm³/mol. The van der Waals surface area contributed by atoms with Crippen LogP contribution < -0.4 is 5.32 Å². The molecular formula is C26H33F3N5O3S. The van der Waals surface area contributed by atoms with E-state index in [2.05, 4.69) is 17.1 Å². The number of piperidine rings is 1. The summed E-state index contributed by atoms with van der Waals surface area (Å²) in [6.07, 6.45) is 0.588. The van der Waals surface area contributed by atoms with Gasteiger partial charge in [0, 0.05) is 49.4 Å². The number of nitrogens with one attached hydrogen (secondary N) is 1. The number of halogens is 3. The van der Waals surface area contributed by atoms with E-state index >= 15 is 0 Å². The molecule has 0 atom stereocenters. The third-order valence-corrected chi connectivity index (χ3v) is 9.53. The Hall–Kier alpha value is -2.44. The molecule has 0 bridgehead atoms. The van der Waals surface area contributed by atoms with Crippen LogP contribution in [0, 0.1) is 12.3 Å². The van der Waals surface area contributed by atoms with Crippen molar-refractivity contribution in [3.05, 3.63) is 47.5 Å². The molecule has 1 amide bonds. The van der Waals surface area contributed by atoms with Crippen LogP contribution in [0.2, 0.25) is 0 Å². The number of likely N-dealkylation sites (tertiary alicyclic amines) is 1. The van der Waals surface area contributed by atoms with Crippen molar-refractivity contribution in [1.82, 2.24) is 24.3 Å². The van der Waals surface area contributed by atoms with Crippen molar-refractivity contribution in [2.45, 2.75) is 51.4 Å². The molecule has 0 saturated carbocycles. The largest absolute Gasteiger partial charge is 0.416 e. The lowest BCUT2D eigenvalue weighted by molar-refractivity contribution is -0.137. The fourth-order valence-electron chi connectivity index (χ4n) is 6.03. The number of benzene rings is 1. The Balaban J connectivity index is 1.34. The van der Waals surface area contributed by atoms with Gasteiger partial charge in [0.15, 0.2) is 0 Å². The molecule has 0 aliphatic carbocycles. The van der Waals surface area contributed by atoms with Gasteiger partial charge >= 0.3 is 6.18 Å². The molecular weight excluding hydrogens is 519 g/mol. The van der Waals surface area contributed by atoms with Gasteiger partial charge in [-0.05, 0) is 69.9 Å². The zero-order chi connectivity index (χ0) is 27.3. The molecule has 1 aromatic heterocycles. The van der Waals surface area contributed by atoms with Gasteiger partial charge in [0.2, 0.25) is 15.9 Å². The van der Waals surface area contributed by atoms with Crippen LogP contribution in [0.25, 0.3) is 11.3 Å². The fourth-order valence-corrected chi connectivity index (χ4v) is 6.81. The number of carbonyl (C=O) groups is 1. The van der Waals surface area contributed by atoms with Gasteiger partial charge in [-0.1, -0.05) is 6.07 Å². The standard InChI is InChI=1S/C26H33F3N5O3S/c1-18-16-19(4-5-21(18)26(27,28)29)23-20-17-33(38(2,36)37)13-6-22(20)34(31-23)12-3-11-32-14-8-25(9-15-32)7-10-30-24(25)35/h4-5,16H,1,3,6-15,17H2,2H3,(H,30,35). The zero-order valence-corrected chi connectivity index (χ0v) is 22.3. The molecule has 1 radical (unpaired) electrons. The number of hydrogen-bond acceptors (Lipinski definition) is 5. The fraction of sp³-hybridized carbons (Fsp3) is 0.577. The first kappa shape index (κ1) is 27.1. The lowest BCUT2D eigenvalue weighted by Crippen LogP contribution is -2.44. The third kappa shape index (κ3) is 5.22. The summed E-state index contributed by atoms with van der Waals surface area (Å²) in [7, 11) is -3.44. The number of nitrogens with zero attached hydrogens (tertiary/aromatic N) is 4. The molecule has 12 heteroatoms. The number of rotatable bonds is 6. The summed E-state index contributed by atoms with van der Waals surface area (Å²) < 4.78 is 67.6. The smallest absolute Gasteiger partial charge is 0.356 e. The van der Waals surface area contributed by atoms with Gasteiger partial charge < -0.3 is 10.2 Å². The van der Waals surface area contributed by atoms with Crippen molar-refractivity contribution < 1.29 is 26.4 Å². The highest BCUT2D eigenvalue weighted by Crippen LogP contribution is 2.38. The van der Waals surface area contributed by atoms with E-state index in [1.54, 1.807) is 0 Å². The van der Waals surface area contributed by atoms with Gasteiger partial charge in [-0.15, -0.1) is 0 Å². The van der Waals surface area contributed by atoms with Gasteiger partial charge in [0.1, 0.15) is 0 Å². The van der Waals surface area contributed by atoms with Crippen molar-refractivity contribution in [1.29, 1.82) is 0 Å². The highest BCUT2D eigenvalue weighted by Gasteiger charge is 2.44. The summed E-state index contributed by atoms with van der Waals surface area (Å²) in [5, 5.41) is 7.74. The van der Waals surface area contributed by atoms with Crippen molar-refractivity contribution in [2.75, 3.05) is 39.0 Å². The molecule has 3 aliphatic heterocycles. The van der Waals surface area contributed by atoms with E-state index in [0.29, 0.717) is 30.8 Å². The third-order valence-electron chi connectivity index (χ3n) is 8.28. The minimum absolute atomic E-state index is 0.132. The van der Waals surface area contributed by atoms with Crippen LogP contribution in [0.4, 0.5) is 13.2 Å². The average molecular weight is 553 g/mol. The van der Waals surface area contributed by atoms with Crippen molar-refractivity contribution >= 4 is 15.9 Å². The van der Waals surface area contributed by atoms with Crippen LogP contribution in [0.5, 0.6) is 0 Å². The molecule has 1 aromatic carbocycles. The number of fused-ring (bicyclic) bond motifs is 1. The highest BCUT2D eigenvalue weighted by molar-refractivity contribution is 7.88. The number of hydrogen-bond donors (Lipinski definition) is 1. The zero-order valence-electron chi connectivity index (χ0n) is 21.5. The van der Waals surface area contributed by atoms with Crippen LogP contribution in [0.3, 0.4) is 0 Å². The van der Waals surface area contributed by atoms with Gasteiger partial charge in [-0.2, -0.15) is 22.6 Å². The molecule has 207 valence electrons. The second-order valence-corrected chi connectivity index (χ2v) is 12.7. The van der Waals surface area contributed by atoms with E-state index in [4.69, 9.17) is 5.10 Å². The molecule has 8 nitrogen and oxygen atoms in total. The maximum atomic E-state index is 13.3. The second-order valence-electron chi connectivity index (χ2n) is 10.7. The Labute approximate surface area is 221 Å². The Bertz CT molecular complexity index is 1330. The quantitative estimate of drug-likeness (QED) is 0.596. The number of aromatic nitrogens is 2. The molecule has 0 unspecified atom stereocenters. The Morgan fingerprint density at radius 1 is 1.13 bits per heavy atom. The lowest BCUT2D eigenvalue weighted by Gasteiger charge is -2.37. The first-order chi connectivity index (χ1) is 17.9. The van der Waals surface area contributed by atoms with E-state index in [0.717, 1.165) is 75.4 Å². The topological polar surface area (TPSA) is 87.5 Å². The molecule has 1 spiro atoms. The Morgan fingerprint density at radius 2 is 1.87 bits per heavy atom. The minimum atomic E-state index is -4.50. The highest BCUT2D eigenvalue weighted by atomic mass is 32.2. The molecule has 2 saturated heterocycles. The molecule has 4 heterocycles. The van der Waals surface area contributed by atoms with E-state index in [-0.39, 0.29) is 23.4 Å². The minimum Gasteiger partial charge on any atom is -0.356 e. The average Bonchev–Trinajstić information content (AvgIpc) is 3.39. The van der Waals surface area contributed by atoms with Gasteiger partial charge in [-0.3, -0.25) is 9.48 Å². The molecule has 2 aromatic rings. The number of amides is 1. The summed E-state index contributed by atoms with van der Waals surface area (Å²) in [4.78, 5) is 14.6. The number of sulfonamides is 1. The summed E-state index contributed by atoms with van der Waals surface area (Å²) >= 11 is 0. The number of carbonyl (C=O) groups excluding carboxylic acids is 1.